The third-order valence-electron chi connectivity index (χ3n) is 5.15. The van der Waals surface area contributed by atoms with E-state index < -0.39 is 0 Å². The molecule has 1 fully saturated rings. The molecule has 2 unspecified atom stereocenters. The number of likely N-dealkylation sites (tertiary alicyclic amines) is 1. The fraction of sp³-hybridized carbons (Fsp3) is 0.824. The van der Waals surface area contributed by atoms with Crippen LogP contribution in [0.2, 0.25) is 0 Å². The highest BCUT2D eigenvalue weighted by atomic mass is 16.5. The summed E-state index contributed by atoms with van der Waals surface area (Å²) < 4.78 is 7.12. The van der Waals surface area contributed by atoms with Gasteiger partial charge in [0, 0.05) is 39.2 Å². The molecule has 2 atom stereocenters. The maximum Gasteiger partial charge on any atom is 0.191 e. The largest absolute Gasteiger partial charge is 0.377 e. The van der Waals surface area contributed by atoms with Crippen molar-refractivity contribution in [1.82, 2.24) is 30.3 Å². The molecule has 0 spiro atoms. The van der Waals surface area contributed by atoms with Crippen molar-refractivity contribution in [2.75, 3.05) is 33.8 Å². The molecule has 3 heterocycles. The summed E-state index contributed by atoms with van der Waals surface area (Å²) in [4.78, 5) is 11.5. The van der Waals surface area contributed by atoms with Crippen molar-refractivity contribution in [3.05, 3.63) is 11.6 Å². The first-order valence-electron chi connectivity index (χ1n) is 9.36. The number of guanidine groups is 1. The lowest BCUT2D eigenvalue weighted by molar-refractivity contribution is 0.177. The molecular formula is C17H31N7O. The Labute approximate surface area is 150 Å². The first kappa shape index (κ1) is 18.1. The van der Waals surface area contributed by atoms with Gasteiger partial charge in [0.25, 0.3) is 0 Å². The summed E-state index contributed by atoms with van der Waals surface area (Å²) in [5.41, 5.74) is 0. The summed E-state index contributed by atoms with van der Waals surface area (Å²) >= 11 is 0. The monoisotopic (exact) mass is 349 g/mol. The van der Waals surface area contributed by atoms with Gasteiger partial charge in [-0.15, -0.1) is 0 Å². The molecule has 1 aromatic heterocycles. The molecule has 2 N–H and O–H groups in total. The molecule has 0 aromatic carbocycles. The van der Waals surface area contributed by atoms with Crippen molar-refractivity contribution in [2.45, 2.75) is 57.8 Å². The van der Waals surface area contributed by atoms with Gasteiger partial charge in [-0.3, -0.25) is 9.89 Å². The van der Waals surface area contributed by atoms with Gasteiger partial charge in [-0.1, -0.05) is 6.92 Å². The number of aryl methyl sites for hydroxylation is 1. The van der Waals surface area contributed by atoms with Crippen molar-refractivity contribution in [3.8, 4) is 0 Å². The quantitative estimate of drug-likeness (QED) is 0.571. The summed E-state index contributed by atoms with van der Waals surface area (Å²) in [6.45, 7) is 6.82. The molecular weight excluding hydrogens is 318 g/mol. The van der Waals surface area contributed by atoms with Crippen molar-refractivity contribution >= 4 is 5.96 Å². The molecule has 2 aliphatic rings. The van der Waals surface area contributed by atoms with Crippen molar-refractivity contribution < 1.29 is 4.74 Å². The van der Waals surface area contributed by atoms with E-state index in [0.29, 0.717) is 18.7 Å². The Bertz CT molecular complexity index is 586. The Hall–Kier alpha value is -1.67. The molecule has 2 aliphatic heterocycles. The zero-order valence-electron chi connectivity index (χ0n) is 15.7. The van der Waals surface area contributed by atoms with Crippen LogP contribution in [0.5, 0.6) is 0 Å². The molecule has 1 saturated heterocycles. The molecule has 8 nitrogen and oxygen atoms in total. The fourth-order valence-corrected chi connectivity index (χ4v) is 3.81. The fourth-order valence-electron chi connectivity index (χ4n) is 3.81. The van der Waals surface area contributed by atoms with Crippen LogP contribution in [0.15, 0.2) is 4.99 Å². The van der Waals surface area contributed by atoms with E-state index >= 15 is 0 Å². The minimum Gasteiger partial charge on any atom is -0.377 e. The summed E-state index contributed by atoms with van der Waals surface area (Å²) in [5, 5.41) is 11.6. The Kier molecular flexibility index (Phi) is 6.25. The molecule has 3 rings (SSSR count). The van der Waals surface area contributed by atoms with Crippen LogP contribution in [0.1, 0.15) is 37.8 Å². The van der Waals surface area contributed by atoms with Crippen LogP contribution < -0.4 is 10.6 Å². The minimum atomic E-state index is 0.321. The SMILES string of the molecule is CCN1CCCC1CNC(=NC)NC1CCc2nc(COC)nn2C1. The standard InChI is InChI=1S/C17H31N7O/c1-4-23-9-5-6-14(23)10-19-17(18-2)20-13-7-8-16-21-15(12-25-3)22-24(16)11-13/h13-14H,4-12H2,1-3H3,(H2,18,19,20). The van der Waals surface area contributed by atoms with Crippen LogP contribution in [0.4, 0.5) is 0 Å². The van der Waals surface area contributed by atoms with Gasteiger partial charge >= 0.3 is 0 Å². The van der Waals surface area contributed by atoms with Crippen molar-refractivity contribution in [2.24, 2.45) is 4.99 Å². The van der Waals surface area contributed by atoms with Gasteiger partial charge in [0.2, 0.25) is 0 Å². The maximum absolute atomic E-state index is 5.13. The second-order valence-electron chi connectivity index (χ2n) is 6.82. The number of hydrogen-bond donors (Lipinski definition) is 2. The van der Waals surface area contributed by atoms with Crippen LogP contribution in [-0.4, -0.2) is 71.5 Å². The van der Waals surface area contributed by atoms with Gasteiger partial charge in [-0.2, -0.15) is 5.10 Å². The lowest BCUT2D eigenvalue weighted by Gasteiger charge is -2.27. The highest BCUT2D eigenvalue weighted by Crippen LogP contribution is 2.16. The summed E-state index contributed by atoms with van der Waals surface area (Å²) in [7, 11) is 3.51. The van der Waals surface area contributed by atoms with Crippen LogP contribution >= 0.6 is 0 Å². The zero-order valence-corrected chi connectivity index (χ0v) is 15.7. The van der Waals surface area contributed by atoms with Gasteiger partial charge in [0.1, 0.15) is 12.4 Å². The smallest absolute Gasteiger partial charge is 0.191 e. The molecule has 0 radical (unpaired) electrons. The Morgan fingerprint density at radius 2 is 2.28 bits per heavy atom. The second kappa shape index (κ2) is 8.62. The first-order chi connectivity index (χ1) is 12.2. The van der Waals surface area contributed by atoms with Gasteiger partial charge < -0.3 is 15.4 Å². The summed E-state index contributed by atoms with van der Waals surface area (Å²) in [6.07, 6.45) is 4.54. The minimum absolute atomic E-state index is 0.321. The number of methoxy groups -OCH3 is 1. The zero-order chi connectivity index (χ0) is 17.6. The molecule has 0 aliphatic carbocycles. The third kappa shape index (κ3) is 4.49. The van der Waals surface area contributed by atoms with Gasteiger partial charge in [-0.25, -0.2) is 9.67 Å². The topological polar surface area (TPSA) is 79.6 Å². The van der Waals surface area contributed by atoms with E-state index in [1.165, 1.54) is 19.4 Å². The van der Waals surface area contributed by atoms with E-state index in [2.05, 4.69) is 37.5 Å². The van der Waals surface area contributed by atoms with Crippen molar-refractivity contribution in [1.29, 1.82) is 0 Å². The number of nitrogens with one attached hydrogen (secondary N) is 2. The van der Waals surface area contributed by atoms with Crippen LogP contribution in [0, 0.1) is 0 Å². The van der Waals surface area contributed by atoms with E-state index in [9.17, 15) is 0 Å². The molecule has 0 amide bonds. The second-order valence-corrected chi connectivity index (χ2v) is 6.82. The average molecular weight is 349 g/mol. The van der Waals surface area contributed by atoms with Gasteiger partial charge in [0.15, 0.2) is 11.8 Å². The lowest BCUT2D eigenvalue weighted by atomic mass is 10.1. The number of rotatable bonds is 6. The number of likely N-dealkylation sites (N-methyl/N-ethyl adjacent to an activating group) is 1. The highest BCUT2D eigenvalue weighted by molar-refractivity contribution is 5.80. The number of aromatic nitrogens is 3. The number of aliphatic imine (C=N–C) groups is 1. The van der Waals surface area contributed by atoms with Crippen LogP contribution in [0.25, 0.3) is 0 Å². The van der Waals surface area contributed by atoms with Crippen LogP contribution in [-0.2, 0) is 24.3 Å². The van der Waals surface area contributed by atoms with E-state index in [4.69, 9.17) is 4.74 Å². The molecule has 25 heavy (non-hydrogen) atoms. The first-order valence-corrected chi connectivity index (χ1v) is 9.36. The number of nitrogens with zero attached hydrogens (tertiary/aromatic N) is 5. The van der Waals surface area contributed by atoms with Gasteiger partial charge in [-0.05, 0) is 32.4 Å². The molecule has 8 heteroatoms. The molecule has 0 bridgehead atoms. The predicted octanol–water partition coefficient (Wildman–Crippen LogP) is 0.389. The summed E-state index contributed by atoms with van der Waals surface area (Å²) in [5.74, 6) is 2.70. The Morgan fingerprint density at radius 1 is 1.40 bits per heavy atom. The van der Waals surface area contributed by atoms with E-state index in [-0.39, 0.29) is 0 Å². The molecule has 1 aromatic rings. The Balaban J connectivity index is 1.50. The third-order valence-corrected chi connectivity index (χ3v) is 5.15. The van der Waals surface area contributed by atoms with E-state index in [0.717, 1.165) is 50.1 Å². The van der Waals surface area contributed by atoms with Gasteiger partial charge in [0.05, 0.1) is 6.54 Å². The van der Waals surface area contributed by atoms with E-state index in [1.807, 2.05) is 11.7 Å². The number of hydrogen-bond acceptors (Lipinski definition) is 5. The van der Waals surface area contributed by atoms with E-state index in [1.54, 1.807) is 7.11 Å². The lowest BCUT2D eigenvalue weighted by Crippen LogP contribution is -2.50. The molecule has 140 valence electrons. The number of ether oxygens (including phenoxy) is 1. The maximum atomic E-state index is 5.13. The summed E-state index contributed by atoms with van der Waals surface area (Å²) in [6, 6.07) is 0.940. The average Bonchev–Trinajstić information content (AvgIpc) is 3.24. The highest BCUT2D eigenvalue weighted by Gasteiger charge is 2.25. The Morgan fingerprint density at radius 3 is 3.04 bits per heavy atom. The number of fused-ring (bicyclic) bond motifs is 1. The van der Waals surface area contributed by atoms with Crippen LogP contribution in [0.3, 0.4) is 0 Å². The van der Waals surface area contributed by atoms with Crippen molar-refractivity contribution in [3.63, 3.8) is 0 Å². The molecule has 0 saturated carbocycles. The predicted molar refractivity (Wildman–Crippen MR) is 97.6 cm³/mol. The normalized spacial score (nSPS) is 24.4.